The average molecular weight is 397 g/mol. The lowest BCUT2D eigenvalue weighted by molar-refractivity contribution is -0.146. The summed E-state index contributed by atoms with van der Waals surface area (Å²) in [6, 6.07) is 0. The molecule has 1 saturated heterocycles. The van der Waals surface area contributed by atoms with Gasteiger partial charge in [-0.15, -0.1) is 0 Å². The van der Waals surface area contributed by atoms with Crippen molar-refractivity contribution >= 4 is 11.9 Å². The van der Waals surface area contributed by atoms with E-state index in [9.17, 15) is 9.59 Å². The lowest BCUT2D eigenvalue weighted by Gasteiger charge is -2.24. The van der Waals surface area contributed by atoms with Crippen LogP contribution in [0.3, 0.4) is 0 Å². The van der Waals surface area contributed by atoms with Crippen LogP contribution in [0.1, 0.15) is 97.3 Å². The highest BCUT2D eigenvalue weighted by atomic mass is 16.6. The average Bonchev–Trinajstić information content (AvgIpc) is 3.39. The van der Waals surface area contributed by atoms with Crippen molar-refractivity contribution in [1.82, 2.24) is 0 Å². The second-order valence-electron chi connectivity index (χ2n) is 8.07. The molecule has 0 bridgehead atoms. The lowest BCUT2D eigenvalue weighted by atomic mass is 9.89. The second-order valence-corrected chi connectivity index (χ2v) is 8.07. The number of rotatable bonds is 18. The maximum absolute atomic E-state index is 11.4. The van der Waals surface area contributed by atoms with Crippen molar-refractivity contribution in [3.8, 4) is 0 Å². The molecule has 0 aliphatic carbocycles. The number of unbranched alkanes of at least 4 members (excludes halogenated alkanes) is 7. The quantitative estimate of drug-likeness (QED) is 0.140. The molecule has 1 fully saturated rings. The number of hydrogen-bond acceptors (Lipinski definition) is 4. The zero-order valence-corrected chi connectivity index (χ0v) is 17.9. The van der Waals surface area contributed by atoms with Crippen molar-refractivity contribution in [2.45, 2.75) is 116 Å². The molecule has 0 spiro atoms. The van der Waals surface area contributed by atoms with Gasteiger partial charge >= 0.3 is 11.9 Å². The van der Waals surface area contributed by atoms with E-state index in [2.05, 4.69) is 13.5 Å². The van der Waals surface area contributed by atoms with E-state index in [1.54, 1.807) is 6.08 Å². The summed E-state index contributed by atoms with van der Waals surface area (Å²) in [6.45, 7) is 7.53. The number of carboxylic acid groups (broad SMARTS) is 1. The van der Waals surface area contributed by atoms with Crippen LogP contribution in [0, 0.1) is 5.92 Å². The Balaban J connectivity index is 2.28. The summed E-state index contributed by atoms with van der Waals surface area (Å²) in [4.78, 5) is 21.9. The zero-order valence-electron chi connectivity index (χ0n) is 17.9. The van der Waals surface area contributed by atoms with E-state index in [1.807, 2.05) is 0 Å². The first-order chi connectivity index (χ1) is 13.5. The Bertz CT molecular complexity index is 462. The molecule has 0 aromatic carbocycles. The maximum atomic E-state index is 11.4. The third-order valence-electron chi connectivity index (χ3n) is 5.53. The number of esters is 1. The molecule has 5 nitrogen and oxygen atoms in total. The van der Waals surface area contributed by atoms with Crippen LogP contribution in [0.2, 0.25) is 0 Å². The van der Waals surface area contributed by atoms with Gasteiger partial charge in [0.1, 0.15) is 6.10 Å². The third kappa shape index (κ3) is 11.5. The van der Waals surface area contributed by atoms with Gasteiger partial charge in [-0.05, 0) is 25.7 Å². The first kappa shape index (κ1) is 24.7. The smallest absolute Gasteiger partial charge is 0.303 e. The summed E-state index contributed by atoms with van der Waals surface area (Å²) >= 11 is 0. The molecule has 162 valence electrons. The number of aliphatic carboxylic acids is 1. The van der Waals surface area contributed by atoms with Gasteiger partial charge in [0.15, 0.2) is 0 Å². The Morgan fingerprint density at radius 3 is 2.39 bits per heavy atom. The Morgan fingerprint density at radius 2 is 1.75 bits per heavy atom. The number of carboxylic acids is 1. The van der Waals surface area contributed by atoms with Gasteiger partial charge in [0.05, 0.1) is 12.2 Å². The molecule has 0 saturated carbocycles. The molecule has 0 amide bonds. The molecule has 1 heterocycles. The predicted molar refractivity (Wildman–Crippen MR) is 111 cm³/mol. The Kier molecular flexibility index (Phi) is 12.9. The SMILES string of the molecule is C=CC(OC(C)=O)C(CCCCCC)CC1OC1CCCCCCCC(=O)O. The maximum Gasteiger partial charge on any atom is 0.303 e. The first-order valence-corrected chi connectivity index (χ1v) is 11.1. The minimum absolute atomic E-state index is 0.224. The van der Waals surface area contributed by atoms with E-state index in [0.29, 0.717) is 6.10 Å². The monoisotopic (exact) mass is 396 g/mol. The second kappa shape index (κ2) is 14.6. The number of hydrogen-bond donors (Lipinski definition) is 1. The van der Waals surface area contributed by atoms with Gasteiger partial charge < -0.3 is 14.6 Å². The van der Waals surface area contributed by atoms with E-state index >= 15 is 0 Å². The van der Waals surface area contributed by atoms with Gasteiger partial charge in [0.25, 0.3) is 0 Å². The summed E-state index contributed by atoms with van der Waals surface area (Å²) in [5, 5.41) is 8.63. The van der Waals surface area contributed by atoms with Crippen molar-refractivity contribution in [3.05, 3.63) is 12.7 Å². The highest BCUT2D eigenvalue weighted by Gasteiger charge is 2.40. The largest absolute Gasteiger partial charge is 0.481 e. The van der Waals surface area contributed by atoms with Gasteiger partial charge in [0.2, 0.25) is 0 Å². The van der Waals surface area contributed by atoms with Crippen molar-refractivity contribution in [3.63, 3.8) is 0 Å². The Hall–Kier alpha value is -1.36. The lowest BCUT2D eigenvalue weighted by Crippen LogP contribution is -2.26. The van der Waals surface area contributed by atoms with Crippen LogP contribution in [0.5, 0.6) is 0 Å². The molecule has 4 unspecified atom stereocenters. The van der Waals surface area contributed by atoms with Gasteiger partial charge in [-0.1, -0.05) is 70.9 Å². The zero-order chi connectivity index (χ0) is 20.8. The van der Waals surface area contributed by atoms with E-state index < -0.39 is 5.97 Å². The van der Waals surface area contributed by atoms with Crippen molar-refractivity contribution in [2.75, 3.05) is 0 Å². The summed E-state index contributed by atoms with van der Waals surface area (Å²) in [5.74, 6) is -0.672. The Morgan fingerprint density at radius 1 is 1.07 bits per heavy atom. The van der Waals surface area contributed by atoms with Crippen LogP contribution in [0.4, 0.5) is 0 Å². The molecule has 0 radical (unpaired) electrons. The molecule has 0 aromatic rings. The molecule has 1 aliphatic rings. The van der Waals surface area contributed by atoms with Crippen LogP contribution >= 0.6 is 0 Å². The van der Waals surface area contributed by atoms with E-state index in [1.165, 1.54) is 26.2 Å². The summed E-state index contributed by atoms with van der Waals surface area (Å²) in [5.41, 5.74) is 0. The fraction of sp³-hybridized carbons (Fsp3) is 0.826. The summed E-state index contributed by atoms with van der Waals surface area (Å²) < 4.78 is 11.4. The number of carbonyl (C=O) groups excluding carboxylic acids is 1. The number of ether oxygens (including phenoxy) is 2. The normalized spacial score (nSPS) is 20.4. The van der Waals surface area contributed by atoms with Crippen LogP contribution in [0.25, 0.3) is 0 Å². The molecule has 0 aromatic heterocycles. The molecule has 4 atom stereocenters. The molecule has 1 N–H and O–H groups in total. The third-order valence-corrected chi connectivity index (χ3v) is 5.53. The predicted octanol–water partition coefficient (Wildman–Crippen LogP) is 5.66. The highest BCUT2D eigenvalue weighted by Crippen LogP contribution is 2.36. The molecule has 28 heavy (non-hydrogen) atoms. The summed E-state index contributed by atoms with van der Waals surface area (Å²) in [7, 11) is 0. The van der Waals surface area contributed by atoms with Crippen molar-refractivity contribution in [2.24, 2.45) is 5.92 Å². The van der Waals surface area contributed by atoms with E-state index in [-0.39, 0.29) is 30.5 Å². The topological polar surface area (TPSA) is 76.1 Å². The van der Waals surface area contributed by atoms with Crippen LogP contribution in [0.15, 0.2) is 12.7 Å². The Labute approximate surface area is 170 Å². The minimum Gasteiger partial charge on any atom is -0.481 e. The molecule has 1 aliphatic heterocycles. The van der Waals surface area contributed by atoms with Crippen LogP contribution in [-0.4, -0.2) is 35.4 Å². The minimum atomic E-state index is -0.704. The standard InChI is InChI=1S/C23H40O5/c1-4-6-7-11-14-19(20(5-2)27-18(3)24)17-22-21(28-22)15-12-9-8-10-13-16-23(25)26/h5,19-22H,2,4,6-17H2,1,3H3,(H,25,26). The van der Waals surface area contributed by atoms with Crippen molar-refractivity contribution < 1.29 is 24.2 Å². The first-order valence-electron chi connectivity index (χ1n) is 11.1. The number of epoxide rings is 1. The highest BCUT2D eigenvalue weighted by molar-refractivity contribution is 5.66. The fourth-order valence-corrected chi connectivity index (χ4v) is 3.87. The molecular formula is C23H40O5. The summed E-state index contributed by atoms with van der Waals surface area (Å²) in [6.07, 6.45) is 15.4. The number of carbonyl (C=O) groups is 2. The fourth-order valence-electron chi connectivity index (χ4n) is 3.87. The molecule has 5 heteroatoms. The van der Waals surface area contributed by atoms with Gasteiger partial charge in [0, 0.05) is 19.3 Å². The van der Waals surface area contributed by atoms with Gasteiger partial charge in [-0.25, -0.2) is 0 Å². The van der Waals surface area contributed by atoms with E-state index in [4.69, 9.17) is 14.6 Å². The molecular weight excluding hydrogens is 356 g/mol. The van der Waals surface area contributed by atoms with Crippen molar-refractivity contribution in [1.29, 1.82) is 0 Å². The van der Waals surface area contributed by atoms with Gasteiger partial charge in [-0.2, -0.15) is 0 Å². The van der Waals surface area contributed by atoms with Crippen LogP contribution in [-0.2, 0) is 19.1 Å². The van der Waals surface area contributed by atoms with Crippen LogP contribution < -0.4 is 0 Å². The van der Waals surface area contributed by atoms with E-state index in [0.717, 1.165) is 57.8 Å². The molecule has 1 rings (SSSR count). The van der Waals surface area contributed by atoms with Gasteiger partial charge in [-0.3, -0.25) is 9.59 Å².